The van der Waals surface area contributed by atoms with Crippen LogP contribution in [0.4, 0.5) is 11.5 Å². The van der Waals surface area contributed by atoms with Crippen LogP contribution >= 0.6 is 0 Å². The van der Waals surface area contributed by atoms with Gasteiger partial charge in [0.25, 0.3) is 0 Å². The molecule has 0 atom stereocenters. The number of aryl methyl sites for hydroxylation is 2. The quantitative estimate of drug-likeness (QED) is 0.653. The average Bonchev–Trinajstić information content (AvgIpc) is 2.48. The third-order valence-corrected chi connectivity index (χ3v) is 3.96. The number of anilines is 2. The number of nitrogens with zero attached hydrogens (tertiary/aromatic N) is 3. The molecule has 3 rings (SSSR count). The van der Waals surface area contributed by atoms with E-state index in [-0.39, 0.29) is 5.54 Å². The van der Waals surface area contributed by atoms with E-state index in [9.17, 15) is 0 Å². The maximum atomic E-state index is 4.92. The second kappa shape index (κ2) is 5.65. The van der Waals surface area contributed by atoms with Crippen molar-refractivity contribution in [1.82, 2.24) is 9.97 Å². The largest absolute Gasteiger partial charge is 0.319 e. The van der Waals surface area contributed by atoms with Crippen molar-refractivity contribution in [1.29, 1.82) is 0 Å². The fraction of sp³-hybridized carbons (Fsp3) is 0.300. The Morgan fingerprint density at radius 1 is 0.783 bits per heavy atom. The minimum absolute atomic E-state index is 0.103. The Morgan fingerprint density at radius 2 is 1.35 bits per heavy atom. The van der Waals surface area contributed by atoms with Crippen LogP contribution in [0.25, 0.3) is 11.0 Å². The van der Waals surface area contributed by atoms with E-state index in [0.717, 1.165) is 22.5 Å². The van der Waals surface area contributed by atoms with Gasteiger partial charge in [0, 0.05) is 11.2 Å². The van der Waals surface area contributed by atoms with Gasteiger partial charge in [0.1, 0.15) is 0 Å². The van der Waals surface area contributed by atoms with Gasteiger partial charge < -0.3 is 4.90 Å². The van der Waals surface area contributed by atoms with Crippen molar-refractivity contribution < 1.29 is 0 Å². The molecule has 0 N–H and O–H groups in total. The van der Waals surface area contributed by atoms with E-state index in [1.807, 2.05) is 31.2 Å². The molecule has 0 unspecified atom stereocenters. The van der Waals surface area contributed by atoms with Crippen LogP contribution in [-0.2, 0) is 0 Å². The standard InChI is InChI=1S/C20H23N3/c1-14-10-6-9-13-18(14)23(20(3,4)5)19-15(2)21-16-11-7-8-12-17(16)22-19/h6-13H,1-5H3. The molecule has 3 heteroatoms. The van der Waals surface area contributed by atoms with Gasteiger partial charge in [-0.2, -0.15) is 0 Å². The third kappa shape index (κ3) is 2.91. The van der Waals surface area contributed by atoms with E-state index in [2.05, 4.69) is 56.9 Å². The molecule has 2 aromatic carbocycles. The Kier molecular flexibility index (Phi) is 3.80. The maximum Gasteiger partial charge on any atom is 0.155 e. The monoisotopic (exact) mass is 305 g/mol. The predicted octanol–water partition coefficient (Wildman–Crippen LogP) is 5.18. The summed E-state index contributed by atoms with van der Waals surface area (Å²) in [5.41, 5.74) is 5.11. The lowest BCUT2D eigenvalue weighted by Gasteiger charge is -2.38. The van der Waals surface area contributed by atoms with Crippen LogP contribution in [0, 0.1) is 13.8 Å². The molecule has 1 heterocycles. The van der Waals surface area contributed by atoms with Crippen molar-refractivity contribution in [3.8, 4) is 0 Å². The van der Waals surface area contributed by atoms with Crippen molar-refractivity contribution >= 4 is 22.5 Å². The van der Waals surface area contributed by atoms with Crippen LogP contribution in [0.3, 0.4) is 0 Å². The van der Waals surface area contributed by atoms with E-state index in [1.54, 1.807) is 0 Å². The summed E-state index contributed by atoms with van der Waals surface area (Å²) in [6, 6.07) is 16.5. The second-order valence-electron chi connectivity index (χ2n) is 6.91. The summed E-state index contributed by atoms with van der Waals surface area (Å²) >= 11 is 0. The predicted molar refractivity (Wildman–Crippen MR) is 97.3 cm³/mol. The lowest BCUT2D eigenvalue weighted by molar-refractivity contribution is 0.553. The van der Waals surface area contributed by atoms with Crippen molar-refractivity contribution in [2.45, 2.75) is 40.2 Å². The molecular weight excluding hydrogens is 282 g/mol. The van der Waals surface area contributed by atoms with E-state index >= 15 is 0 Å². The van der Waals surface area contributed by atoms with Gasteiger partial charge in [-0.25, -0.2) is 9.97 Å². The molecule has 0 radical (unpaired) electrons. The van der Waals surface area contributed by atoms with Gasteiger partial charge in [-0.3, -0.25) is 0 Å². The lowest BCUT2D eigenvalue weighted by Crippen LogP contribution is -2.39. The Hall–Kier alpha value is -2.42. The summed E-state index contributed by atoms with van der Waals surface area (Å²) in [6.07, 6.45) is 0. The van der Waals surface area contributed by atoms with E-state index < -0.39 is 0 Å². The Balaban J connectivity index is 2.26. The topological polar surface area (TPSA) is 29.0 Å². The zero-order chi connectivity index (χ0) is 16.6. The summed E-state index contributed by atoms with van der Waals surface area (Å²) in [6.45, 7) is 10.8. The lowest BCUT2D eigenvalue weighted by atomic mass is 10.0. The van der Waals surface area contributed by atoms with Crippen molar-refractivity contribution in [2.75, 3.05) is 4.90 Å². The summed E-state index contributed by atoms with van der Waals surface area (Å²) in [5.74, 6) is 0.922. The minimum Gasteiger partial charge on any atom is -0.319 e. The van der Waals surface area contributed by atoms with Crippen LogP contribution < -0.4 is 4.90 Å². The summed E-state index contributed by atoms with van der Waals surface area (Å²) in [7, 11) is 0. The van der Waals surface area contributed by atoms with Crippen LogP contribution in [0.1, 0.15) is 32.0 Å². The van der Waals surface area contributed by atoms with Crippen molar-refractivity contribution in [3.05, 3.63) is 59.8 Å². The van der Waals surface area contributed by atoms with Crippen LogP contribution in [0.15, 0.2) is 48.5 Å². The number of aromatic nitrogens is 2. The number of rotatable bonds is 2. The molecule has 3 nitrogen and oxygen atoms in total. The van der Waals surface area contributed by atoms with Crippen LogP contribution in [0.5, 0.6) is 0 Å². The van der Waals surface area contributed by atoms with Gasteiger partial charge >= 0.3 is 0 Å². The molecule has 0 saturated heterocycles. The molecule has 0 aliphatic carbocycles. The molecule has 0 bridgehead atoms. The molecule has 0 aliphatic rings. The Bertz CT molecular complexity index is 847. The third-order valence-electron chi connectivity index (χ3n) is 3.96. The number of benzene rings is 2. The molecule has 23 heavy (non-hydrogen) atoms. The van der Waals surface area contributed by atoms with Crippen LogP contribution in [-0.4, -0.2) is 15.5 Å². The van der Waals surface area contributed by atoms with Crippen molar-refractivity contribution in [2.24, 2.45) is 0 Å². The molecule has 0 fully saturated rings. The summed E-state index contributed by atoms with van der Waals surface area (Å²) in [5, 5.41) is 0. The second-order valence-corrected chi connectivity index (χ2v) is 6.91. The summed E-state index contributed by atoms with van der Waals surface area (Å²) in [4.78, 5) is 12.0. The average molecular weight is 305 g/mol. The van der Waals surface area contributed by atoms with Gasteiger partial charge in [-0.1, -0.05) is 30.3 Å². The smallest absolute Gasteiger partial charge is 0.155 e. The zero-order valence-corrected chi connectivity index (χ0v) is 14.5. The molecular formula is C20H23N3. The molecule has 0 saturated carbocycles. The highest BCUT2D eigenvalue weighted by molar-refractivity contribution is 5.78. The zero-order valence-electron chi connectivity index (χ0n) is 14.5. The number of para-hydroxylation sites is 3. The first kappa shape index (κ1) is 15.5. The van der Waals surface area contributed by atoms with Gasteiger partial charge in [0.15, 0.2) is 5.82 Å². The minimum atomic E-state index is -0.103. The van der Waals surface area contributed by atoms with Gasteiger partial charge in [-0.05, 0) is 58.4 Å². The highest BCUT2D eigenvalue weighted by Crippen LogP contribution is 2.35. The summed E-state index contributed by atoms with van der Waals surface area (Å²) < 4.78 is 0. The fourth-order valence-corrected chi connectivity index (χ4v) is 2.90. The normalized spacial score (nSPS) is 11.7. The fourth-order valence-electron chi connectivity index (χ4n) is 2.90. The highest BCUT2D eigenvalue weighted by atomic mass is 15.3. The van der Waals surface area contributed by atoms with E-state index in [1.165, 1.54) is 11.3 Å². The Morgan fingerprint density at radius 3 is 1.96 bits per heavy atom. The number of hydrogen-bond acceptors (Lipinski definition) is 3. The highest BCUT2D eigenvalue weighted by Gasteiger charge is 2.27. The first-order valence-electron chi connectivity index (χ1n) is 7.97. The van der Waals surface area contributed by atoms with Gasteiger partial charge in [0.05, 0.1) is 16.7 Å². The van der Waals surface area contributed by atoms with Gasteiger partial charge in [-0.15, -0.1) is 0 Å². The number of fused-ring (bicyclic) bond motifs is 1. The Labute approximate surface area is 138 Å². The van der Waals surface area contributed by atoms with Gasteiger partial charge in [0.2, 0.25) is 0 Å². The van der Waals surface area contributed by atoms with Crippen LogP contribution in [0.2, 0.25) is 0 Å². The molecule has 118 valence electrons. The van der Waals surface area contributed by atoms with E-state index in [0.29, 0.717) is 0 Å². The molecule has 0 amide bonds. The maximum absolute atomic E-state index is 4.92. The molecule has 0 spiro atoms. The first-order valence-corrected chi connectivity index (χ1v) is 7.97. The number of hydrogen-bond donors (Lipinski definition) is 0. The van der Waals surface area contributed by atoms with E-state index in [4.69, 9.17) is 9.97 Å². The molecule has 3 aromatic rings. The molecule has 1 aromatic heterocycles. The van der Waals surface area contributed by atoms with Crippen molar-refractivity contribution in [3.63, 3.8) is 0 Å². The molecule has 0 aliphatic heterocycles. The first-order chi connectivity index (χ1) is 10.9. The SMILES string of the molecule is Cc1ccccc1N(c1nc2ccccc2nc1C)C(C)(C)C.